The number of pyridine rings is 1. The van der Waals surface area contributed by atoms with Crippen molar-refractivity contribution >= 4 is 34.5 Å². The average Bonchev–Trinajstić information content (AvgIpc) is 3.16. The molecule has 7 heteroatoms. The highest BCUT2D eigenvalue weighted by Crippen LogP contribution is 2.16. The van der Waals surface area contributed by atoms with E-state index in [1.807, 2.05) is 23.6 Å². The van der Waals surface area contributed by atoms with Crippen LogP contribution in [-0.2, 0) is 4.79 Å². The number of anilines is 2. The van der Waals surface area contributed by atoms with Crippen LogP contribution in [0.5, 0.6) is 0 Å². The summed E-state index contributed by atoms with van der Waals surface area (Å²) in [6.45, 7) is 3.78. The zero-order valence-corrected chi connectivity index (χ0v) is 14.1. The fraction of sp³-hybridized carbons (Fsp3) is 0.353. The van der Waals surface area contributed by atoms with Crippen LogP contribution in [0.1, 0.15) is 22.5 Å². The van der Waals surface area contributed by atoms with Crippen LogP contribution in [0.4, 0.5) is 11.5 Å². The molecule has 0 saturated carbocycles. The minimum Gasteiger partial charge on any atom is -0.354 e. The third-order valence-electron chi connectivity index (χ3n) is 3.85. The quantitative estimate of drug-likeness (QED) is 0.786. The Kier molecular flexibility index (Phi) is 5.55. The van der Waals surface area contributed by atoms with E-state index in [-0.39, 0.29) is 24.5 Å². The van der Waals surface area contributed by atoms with Crippen molar-refractivity contribution in [2.45, 2.75) is 12.8 Å². The lowest BCUT2D eigenvalue weighted by Gasteiger charge is -2.28. The predicted molar refractivity (Wildman–Crippen MR) is 95.8 cm³/mol. The number of piperazine rings is 1. The third kappa shape index (κ3) is 4.39. The molecule has 1 amide bonds. The second-order valence-electron chi connectivity index (χ2n) is 5.59. The molecule has 3 heterocycles. The van der Waals surface area contributed by atoms with Crippen LogP contribution in [0, 0.1) is 0 Å². The number of nitrogens with one attached hydrogen (secondary N) is 2. The van der Waals surface area contributed by atoms with Gasteiger partial charge in [-0.1, -0.05) is 6.07 Å². The van der Waals surface area contributed by atoms with Gasteiger partial charge in [0.15, 0.2) is 5.78 Å². The Morgan fingerprint density at radius 3 is 2.71 bits per heavy atom. The molecule has 0 atom stereocenters. The van der Waals surface area contributed by atoms with Crippen LogP contribution < -0.4 is 15.5 Å². The molecule has 1 aliphatic rings. The fourth-order valence-electron chi connectivity index (χ4n) is 2.55. The highest BCUT2D eigenvalue weighted by Gasteiger charge is 2.13. The van der Waals surface area contributed by atoms with Crippen molar-refractivity contribution < 1.29 is 9.59 Å². The van der Waals surface area contributed by atoms with Crippen LogP contribution in [-0.4, -0.2) is 42.9 Å². The molecule has 6 nitrogen and oxygen atoms in total. The van der Waals surface area contributed by atoms with Gasteiger partial charge >= 0.3 is 0 Å². The maximum Gasteiger partial charge on any atom is 0.224 e. The van der Waals surface area contributed by atoms with Crippen molar-refractivity contribution in [2.24, 2.45) is 0 Å². The van der Waals surface area contributed by atoms with Crippen molar-refractivity contribution in [3.8, 4) is 0 Å². The summed E-state index contributed by atoms with van der Waals surface area (Å²) in [5.41, 5.74) is 0.655. The van der Waals surface area contributed by atoms with Crippen LogP contribution >= 0.6 is 11.3 Å². The minimum atomic E-state index is -0.170. The van der Waals surface area contributed by atoms with Crippen molar-refractivity contribution in [2.75, 3.05) is 36.4 Å². The summed E-state index contributed by atoms with van der Waals surface area (Å²) in [5, 5.41) is 7.95. The van der Waals surface area contributed by atoms with E-state index < -0.39 is 0 Å². The molecule has 3 rings (SSSR count). The minimum absolute atomic E-state index is 0.00679. The van der Waals surface area contributed by atoms with Crippen molar-refractivity contribution in [3.05, 3.63) is 40.7 Å². The Bertz CT molecular complexity index is 679. The number of amides is 1. The van der Waals surface area contributed by atoms with E-state index in [0.717, 1.165) is 32.0 Å². The number of aromatic nitrogens is 1. The van der Waals surface area contributed by atoms with Gasteiger partial charge in [0.1, 0.15) is 5.82 Å². The summed E-state index contributed by atoms with van der Waals surface area (Å²) in [4.78, 5) is 31.2. The first-order valence-electron chi connectivity index (χ1n) is 8.00. The Labute approximate surface area is 144 Å². The standard InChI is InChI=1S/C17H20N4O2S/c22-14(15-2-1-11-24-15)4-6-17(23)20-13-3-5-16(19-12-13)21-9-7-18-8-10-21/h1-3,5,11-12,18H,4,6-10H2,(H,20,23). The molecule has 126 valence electrons. The van der Waals surface area contributed by atoms with E-state index in [9.17, 15) is 9.59 Å². The summed E-state index contributed by atoms with van der Waals surface area (Å²) < 4.78 is 0. The molecular formula is C17H20N4O2S. The number of hydrogen-bond donors (Lipinski definition) is 2. The zero-order valence-electron chi connectivity index (χ0n) is 13.3. The first kappa shape index (κ1) is 16.6. The van der Waals surface area contributed by atoms with E-state index in [1.165, 1.54) is 11.3 Å². The molecule has 0 aliphatic carbocycles. The SMILES string of the molecule is O=C(CCC(=O)c1cccs1)Nc1ccc(N2CCNCC2)nc1. The van der Waals surface area contributed by atoms with Crippen molar-refractivity contribution in [1.82, 2.24) is 10.3 Å². The second kappa shape index (κ2) is 8.03. The van der Waals surface area contributed by atoms with Gasteiger partial charge < -0.3 is 15.5 Å². The first-order valence-corrected chi connectivity index (χ1v) is 8.88. The number of thiophene rings is 1. The molecule has 0 bridgehead atoms. The van der Waals surface area contributed by atoms with E-state index in [1.54, 1.807) is 12.3 Å². The van der Waals surface area contributed by atoms with E-state index in [0.29, 0.717) is 10.6 Å². The van der Waals surface area contributed by atoms with E-state index in [4.69, 9.17) is 0 Å². The maximum absolute atomic E-state index is 12.0. The number of carbonyl (C=O) groups is 2. The molecule has 2 aromatic rings. The average molecular weight is 344 g/mol. The molecular weight excluding hydrogens is 324 g/mol. The van der Waals surface area contributed by atoms with Gasteiger partial charge in [-0.15, -0.1) is 11.3 Å². The number of nitrogens with zero attached hydrogens (tertiary/aromatic N) is 2. The summed E-state index contributed by atoms with van der Waals surface area (Å²) in [7, 11) is 0. The Hall–Kier alpha value is -2.25. The number of carbonyl (C=O) groups excluding carboxylic acids is 2. The molecule has 1 aliphatic heterocycles. The zero-order chi connectivity index (χ0) is 16.8. The highest BCUT2D eigenvalue weighted by atomic mass is 32.1. The van der Waals surface area contributed by atoms with Crippen LogP contribution in [0.2, 0.25) is 0 Å². The first-order chi connectivity index (χ1) is 11.7. The fourth-order valence-corrected chi connectivity index (χ4v) is 3.25. The topological polar surface area (TPSA) is 74.3 Å². The monoisotopic (exact) mass is 344 g/mol. The van der Waals surface area contributed by atoms with Gasteiger partial charge in [0.2, 0.25) is 5.91 Å². The lowest BCUT2D eigenvalue weighted by molar-refractivity contribution is -0.116. The second-order valence-corrected chi connectivity index (χ2v) is 6.54. The number of ketones is 1. The molecule has 1 fully saturated rings. The summed E-state index contributed by atoms with van der Waals surface area (Å²) >= 11 is 1.40. The Balaban J connectivity index is 1.48. The summed E-state index contributed by atoms with van der Waals surface area (Å²) in [6.07, 6.45) is 2.06. The van der Waals surface area contributed by atoms with E-state index >= 15 is 0 Å². The molecule has 0 aromatic carbocycles. The number of rotatable bonds is 6. The smallest absolute Gasteiger partial charge is 0.224 e. The maximum atomic E-state index is 12.0. The molecule has 0 spiro atoms. The Morgan fingerprint density at radius 2 is 2.04 bits per heavy atom. The van der Waals surface area contributed by atoms with Crippen molar-refractivity contribution in [3.63, 3.8) is 0 Å². The van der Waals surface area contributed by atoms with Gasteiger partial charge in [-0.25, -0.2) is 4.98 Å². The predicted octanol–water partition coefficient (Wildman–Crippen LogP) is 2.15. The van der Waals surface area contributed by atoms with Gasteiger partial charge in [-0.2, -0.15) is 0 Å². The molecule has 1 saturated heterocycles. The molecule has 2 aromatic heterocycles. The van der Waals surface area contributed by atoms with Crippen LogP contribution in [0.15, 0.2) is 35.8 Å². The number of hydrogen-bond acceptors (Lipinski definition) is 6. The Morgan fingerprint density at radius 1 is 1.21 bits per heavy atom. The molecule has 0 unspecified atom stereocenters. The normalized spacial score (nSPS) is 14.4. The van der Waals surface area contributed by atoms with Gasteiger partial charge in [0.05, 0.1) is 16.8 Å². The lowest BCUT2D eigenvalue weighted by atomic mass is 10.2. The lowest BCUT2D eigenvalue weighted by Crippen LogP contribution is -2.43. The molecule has 2 N–H and O–H groups in total. The highest BCUT2D eigenvalue weighted by molar-refractivity contribution is 7.12. The third-order valence-corrected chi connectivity index (χ3v) is 4.76. The molecule has 24 heavy (non-hydrogen) atoms. The number of Topliss-reactive ketones (excluding diaryl/α,β-unsaturated/α-hetero) is 1. The summed E-state index contributed by atoms with van der Waals surface area (Å²) in [5.74, 6) is 0.756. The summed E-state index contributed by atoms with van der Waals surface area (Å²) in [6, 6.07) is 7.38. The van der Waals surface area contributed by atoms with Gasteiger partial charge in [-0.3, -0.25) is 9.59 Å². The van der Waals surface area contributed by atoms with Gasteiger partial charge in [0.25, 0.3) is 0 Å². The largest absolute Gasteiger partial charge is 0.354 e. The van der Waals surface area contributed by atoms with Gasteiger partial charge in [-0.05, 0) is 23.6 Å². The molecule has 0 radical (unpaired) electrons. The van der Waals surface area contributed by atoms with Crippen LogP contribution in [0.3, 0.4) is 0 Å². The van der Waals surface area contributed by atoms with E-state index in [2.05, 4.69) is 20.5 Å². The van der Waals surface area contributed by atoms with Crippen LogP contribution in [0.25, 0.3) is 0 Å². The van der Waals surface area contributed by atoms with Gasteiger partial charge in [0, 0.05) is 39.0 Å². The van der Waals surface area contributed by atoms with Crippen molar-refractivity contribution in [1.29, 1.82) is 0 Å².